The van der Waals surface area contributed by atoms with E-state index in [4.69, 9.17) is 18.8 Å². The summed E-state index contributed by atoms with van der Waals surface area (Å²) < 4.78 is 20.9. The van der Waals surface area contributed by atoms with Gasteiger partial charge < -0.3 is 51.6 Å². The quantitative estimate of drug-likeness (QED) is 0.179. The van der Waals surface area contributed by atoms with E-state index in [1.807, 2.05) is 107 Å². The Labute approximate surface area is 307 Å². The molecule has 248 valence electrons. The van der Waals surface area contributed by atoms with E-state index in [1.165, 1.54) is 0 Å². The Hall–Kier alpha value is -5.18. The Bertz CT molecular complexity index is 2700. The molecule has 49 heavy (non-hydrogen) atoms. The number of rotatable bonds is 4. The Morgan fingerprint density at radius 1 is 0.776 bits per heavy atom. The van der Waals surface area contributed by atoms with Gasteiger partial charge in [0.2, 0.25) is 6.33 Å². The van der Waals surface area contributed by atoms with Crippen molar-refractivity contribution in [2.24, 2.45) is 21.1 Å². The molecule has 0 aliphatic carbocycles. The fourth-order valence-electron chi connectivity index (χ4n) is 5.90. The standard InChI is InChI=1S/C18H13N5O.C17H11N5O.2Pt/c1-21-6-7-23(11-21)15-5-3-4-12-16(15)20-17-13(9-24-18(12)17)14-8-22(2)10-19-14;1-21-7-13(19-10-21)12-8-23-17-11-3-2-4-14(15(11)20-16(12)17)22-6-5-18-9-22;;/h3-9H,1-2H3;2-8,10H,1H3;;/q2*-2;;+2. The average Bonchev–Trinajstić information content (AvgIpc) is 3.91. The third kappa shape index (κ3) is 5.41. The van der Waals surface area contributed by atoms with Crippen LogP contribution in [0.3, 0.4) is 0 Å². The minimum atomic E-state index is 0. The van der Waals surface area contributed by atoms with Gasteiger partial charge in [-0.05, 0) is 29.1 Å². The third-order valence-electron chi connectivity index (χ3n) is 8.08. The van der Waals surface area contributed by atoms with Crippen molar-refractivity contribution in [3.05, 3.63) is 111 Å². The summed E-state index contributed by atoms with van der Waals surface area (Å²) in [6, 6.07) is 12.0. The maximum Gasteiger partial charge on any atom is 2.00 e. The maximum absolute atomic E-state index is 5.81. The Balaban J connectivity index is 0.000000148. The van der Waals surface area contributed by atoms with Gasteiger partial charge in [-0.3, -0.25) is 0 Å². The average molecular weight is 1010 g/mol. The van der Waals surface area contributed by atoms with Crippen LogP contribution in [0.5, 0.6) is 0 Å². The molecule has 0 fully saturated rings. The maximum atomic E-state index is 5.81. The molecule has 0 unspecified atom stereocenters. The summed E-state index contributed by atoms with van der Waals surface area (Å²) in [4.78, 5) is 22.3. The van der Waals surface area contributed by atoms with E-state index in [0.29, 0.717) is 0 Å². The van der Waals surface area contributed by atoms with Crippen LogP contribution in [-0.2, 0) is 63.3 Å². The SMILES string of the molecule is Cn1[c-]nc(-c2coc3c2[n-]c2c(-n4[c-][n+](C)cc4)cccc23)c1.Cn1cnc(-c2coc3c2[n-]c2c(-n4[c-]ncc4)cccc23)c1.[Pt+2].[Pt]. The summed E-state index contributed by atoms with van der Waals surface area (Å²) in [6.45, 7) is 0. The monoisotopic (exact) mass is 1010 g/mol. The van der Waals surface area contributed by atoms with Crippen molar-refractivity contribution in [3.63, 3.8) is 0 Å². The number of nitrogens with zero attached hydrogens (tertiary/aromatic N) is 10. The van der Waals surface area contributed by atoms with Gasteiger partial charge in [0.05, 0.1) is 31.6 Å². The number of benzene rings is 2. The molecule has 10 aromatic rings. The minimum Gasteiger partial charge on any atom is -0.660 e. The van der Waals surface area contributed by atoms with Crippen LogP contribution in [0.25, 0.3) is 77.9 Å². The molecule has 14 heteroatoms. The molecular formula is C35H24N10O2Pt2-2. The molecule has 0 radical (unpaired) electrons. The summed E-state index contributed by atoms with van der Waals surface area (Å²) in [6.07, 6.45) is 25.5. The molecule has 0 aliphatic rings. The largest absolute Gasteiger partial charge is 2.00 e. The number of hydrogen-bond donors (Lipinski definition) is 0. The predicted octanol–water partition coefficient (Wildman–Crippen LogP) is 5.08. The molecular weight excluding hydrogens is 983 g/mol. The number of aryl methyl sites for hydroxylation is 3. The summed E-state index contributed by atoms with van der Waals surface area (Å²) in [7, 11) is 5.77. The van der Waals surface area contributed by atoms with E-state index in [9.17, 15) is 0 Å². The minimum absolute atomic E-state index is 0. The second-order valence-electron chi connectivity index (χ2n) is 11.3. The Morgan fingerprint density at radius 3 is 1.96 bits per heavy atom. The van der Waals surface area contributed by atoms with Gasteiger partial charge in [-0.25, -0.2) is 4.98 Å². The number of aromatic nitrogens is 10. The zero-order valence-electron chi connectivity index (χ0n) is 26.1. The van der Waals surface area contributed by atoms with E-state index >= 15 is 0 Å². The molecule has 0 atom stereocenters. The number of fused-ring (bicyclic) bond motifs is 6. The number of imidazole rings is 4. The van der Waals surface area contributed by atoms with Crippen LogP contribution in [0.2, 0.25) is 0 Å². The van der Waals surface area contributed by atoms with Crippen LogP contribution in [0.15, 0.2) is 101 Å². The molecule has 0 aliphatic heterocycles. The smallest absolute Gasteiger partial charge is 0.660 e. The molecule has 8 heterocycles. The van der Waals surface area contributed by atoms with Crippen molar-refractivity contribution >= 4 is 44.0 Å². The van der Waals surface area contributed by atoms with Crippen molar-refractivity contribution in [2.75, 3.05) is 0 Å². The molecule has 0 N–H and O–H groups in total. The van der Waals surface area contributed by atoms with Crippen molar-refractivity contribution in [2.45, 2.75) is 0 Å². The first-order chi connectivity index (χ1) is 23.0. The summed E-state index contributed by atoms with van der Waals surface area (Å²) in [5.41, 5.74) is 10.3. The molecule has 12 nitrogen and oxygen atoms in total. The van der Waals surface area contributed by atoms with Crippen molar-refractivity contribution < 1.29 is 55.5 Å². The number of hydrogen-bond acceptors (Lipinski definition) is 5. The fourth-order valence-corrected chi connectivity index (χ4v) is 5.90. The molecule has 0 bridgehead atoms. The summed E-state index contributed by atoms with van der Waals surface area (Å²) in [5, 5.41) is 1.96. The molecule has 8 aromatic heterocycles. The van der Waals surface area contributed by atoms with Gasteiger partial charge >= 0.3 is 21.1 Å². The van der Waals surface area contributed by atoms with E-state index in [-0.39, 0.29) is 42.1 Å². The van der Waals surface area contributed by atoms with E-state index in [0.717, 1.165) is 77.9 Å². The van der Waals surface area contributed by atoms with E-state index in [1.54, 1.807) is 29.6 Å². The summed E-state index contributed by atoms with van der Waals surface area (Å²) in [5.74, 6) is 0. The summed E-state index contributed by atoms with van der Waals surface area (Å²) >= 11 is 0. The zero-order chi connectivity index (χ0) is 31.6. The van der Waals surface area contributed by atoms with Crippen LogP contribution >= 0.6 is 0 Å². The van der Waals surface area contributed by atoms with Crippen LogP contribution in [0, 0.1) is 19.0 Å². The van der Waals surface area contributed by atoms with Crippen LogP contribution in [0.4, 0.5) is 0 Å². The van der Waals surface area contributed by atoms with Gasteiger partial charge in [0.1, 0.15) is 11.2 Å². The van der Waals surface area contributed by atoms with Gasteiger partial charge in [0.25, 0.3) is 0 Å². The van der Waals surface area contributed by atoms with Crippen molar-refractivity contribution in [3.8, 4) is 33.9 Å². The van der Waals surface area contributed by atoms with Gasteiger partial charge in [0.15, 0.2) is 0 Å². The predicted molar refractivity (Wildman–Crippen MR) is 173 cm³/mol. The van der Waals surface area contributed by atoms with Crippen LogP contribution in [0.1, 0.15) is 0 Å². The van der Waals surface area contributed by atoms with Crippen LogP contribution in [-0.4, -0.2) is 33.2 Å². The van der Waals surface area contributed by atoms with Crippen molar-refractivity contribution in [1.82, 2.24) is 43.2 Å². The van der Waals surface area contributed by atoms with E-state index in [2.05, 4.69) is 33.9 Å². The topological polar surface area (TPSA) is 117 Å². The molecule has 0 saturated carbocycles. The van der Waals surface area contributed by atoms with Crippen molar-refractivity contribution in [1.29, 1.82) is 0 Å². The normalized spacial score (nSPS) is 11.2. The Morgan fingerprint density at radius 2 is 1.43 bits per heavy atom. The zero-order valence-corrected chi connectivity index (χ0v) is 30.6. The molecule has 2 aromatic carbocycles. The van der Waals surface area contributed by atoms with Gasteiger partial charge in [-0.2, -0.15) is 0 Å². The number of para-hydroxylation sites is 2. The molecule has 0 amide bonds. The van der Waals surface area contributed by atoms with Gasteiger partial charge in [-0.1, -0.05) is 65.5 Å². The fraction of sp³-hybridized carbons (Fsp3) is 0.0857. The van der Waals surface area contributed by atoms with Gasteiger partial charge in [0, 0.05) is 70.6 Å². The molecule has 0 saturated heterocycles. The molecule has 10 rings (SSSR count). The van der Waals surface area contributed by atoms with Gasteiger partial charge in [-0.15, -0.1) is 17.2 Å². The second-order valence-corrected chi connectivity index (χ2v) is 11.3. The third-order valence-corrected chi connectivity index (χ3v) is 8.08. The first-order valence-corrected chi connectivity index (χ1v) is 14.7. The van der Waals surface area contributed by atoms with E-state index < -0.39 is 0 Å². The first-order valence-electron chi connectivity index (χ1n) is 14.7. The first kappa shape index (κ1) is 32.4. The number of furan rings is 2. The molecule has 0 spiro atoms. The van der Waals surface area contributed by atoms with Crippen LogP contribution < -0.4 is 14.5 Å². The Kier molecular flexibility index (Phi) is 8.38. The second kappa shape index (κ2) is 12.7.